The van der Waals surface area contributed by atoms with E-state index in [1.165, 1.54) is 35.4 Å². The Bertz CT molecular complexity index is 1400. The van der Waals surface area contributed by atoms with E-state index >= 15 is 0 Å². The number of hydrogen-bond donors (Lipinski definition) is 2. The summed E-state index contributed by atoms with van der Waals surface area (Å²) in [5.74, 6) is -0.600. The van der Waals surface area contributed by atoms with Crippen LogP contribution in [0.25, 0.3) is 11.0 Å². The van der Waals surface area contributed by atoms with Gasteiger partial charge in [0.2, 0.25) is 5.95 Å². The number of fused-ring (bicyclic) bond motifs is 2. The highest BCUT2D eigenvalue weighted by atomic mass is 19.4. The number of imidazole rings is 1. The van der Waals surface area contributed by atoms with Crippen LogP contribution in [-0.2, 0) is 17.6 Å². The van der Waals surface area contributed by atoms with Gasteiger partial charge in [0.1, 0.15) is 5.75 Å². The zero-order valence-corrected chi connectivity index (χ0v) is 19.3. The van der Waals surface area contributed by atoms with Gasteiger partial charge in [-0.15, -0.1) is 13.2 Å². The molecule has 6 nitrogen and oxygen atoms in total. The van der Waals surface area contributed by atoms with Crippen molar-refractivity contribution in [1.29, 1.82) is 0 Å². The fourth-order valence-corrected chi connectivity index (χ4v) is 4.82. The molecule has 2 N–H and O–H groups in total. The maximum Gasteiger partial charge on any atom is 0.573 e. The number of carbonyl (C=O) groups is 1. The van der Waals surface area contributed by atoms with Crippen molar-refractivity contribution >= 4 is 28.6 Å². The second-order valence-electron chi connectivity index (χ2n) is 8.83. The van der Waals surface area contributed by atoms with E-state index in [0.29, 0.717) is 18.1 Å². The van der Waals surface area contributed by atoms with Gasteiger partial charge in [-0.05, 0) is 78.8 Å². The van der Waals surface area contributed by atoms with Gasteiger partial charge >= 0.3 is 12.3 Å². The van der Waals surface area contributed by atoms with Crippen molar-refractivity contribution in [3.63, 3.8) is 0 Å². The van der Waals surface area contributed by atoms with Crippen molar-refractivity contribution in [3.05, 3.63) is 83.4 Å². The van der Waals surface area contributed by atoms with Gasteiger partial charge in [-0.25, -0.2) is 4.98 Å². The predicted molar refractivity (Wildman–Crippen MR) is 130 cm³/mol. The van der Waals surface area contributed by atoms with Crippen LogP contribution < -0.4 is 10.1 Å². The van der Waals surface area contributed by atoms with Crippen LogP contribution in [0.1, 0.15) is 42.0 Å². The molecule has 1 aliphatic carbocycles. The SMILES string of the molecule is O=C(O)CCc1ccc2c(c1)nc(Nc1ccc(OC(F)(F)F)cc1)n2C1CCCc2ccccc21. The highest BCUT2D eigenvalue weighted by Gasteiger charge is 2.31. The molecule has 0 saturated carbocycles. The minimum absolute atomic E-state index is 0.0274. The summed E-state index contributed by atoms with van der Waals surface area (Å²) < 4.78 is 43.7. The van der Waals surface area contributed by atoms with Crippen LogP contribution in [-0.4, -0.2) is 27.0 Å². The highest BCUT2D eigenvalue weighted by Crippen LogP contribution is 2.38. The standard InChI is InChI=1S/C27H24F3N3O3/c28-27(29,30)36-20-12-10-19(11-13-20)31-26-32-22-16-17(9-15-25(34)35)8-14-24(22)33(26)23-7-3-5-18-4-1-2-6-21(18)23/h1-2,4,6,8,10-14,16,23H,3,5,7,9,15H2,(H,31,32)(H,34,35). The summed E-state index contributed by atoms with van der Waals surface area (Å²) in [6.07, 6.45) is -1.40. The van der Waals surface area contributed by atoms with Crippen LogP contribution in [0.5, 0.6) is 5.75 Å². The molecule has 9 heteroatoms. The number of halogens is 3. The van der Waals surface area contributed by atoms with Crippen molar-refractivity contribution in [1.82, 2.24) is 9.55 Å². The Labute approximate surface area is 205 Å². The molecule has 1 aromatic heterocycles. The van der Waals surface area contributed by atoms with Gasteiger partial charge in [-0.2, -0.15) is 0 Å². The number of alkyl halides is 3. The first-order valence-corrected chi connectivity index (χ1v) is 11.7. The summed E-state index contributed by atoms with van der Waals surface area (Å²) in [6, 6.07) is 19.7. The molecule has 0 bridgehead atoms. The fraction of sp³-hybridized carbons (Fsp3) is 0.259. The van der Waals surface area contributed by atoms with E-state index in [9.17, 15) is 18.0 Å². The summed E-state index contributed by atoms with van der Waals surface area (Å²) in [5.41, 5.74) is 5.56. The van der Waals surface area contributed by atoms with E-state index in [-0.39, 0.29) is 18.2 Å². The van der Waals surface area contributed by atoms with Gasteiger partial charge in [0.05, 0.1) is 17.1 Å². The molecule has 1 heterocycles. The molecule has 5 rings (SSSR count). The quantitative estimate of drug-likeness (QED) is 0.301. The second-order valence-corrected chi connectivity index (χ2v) is 8.83. The van der Waals surface area contributed by atoms with E-state index < -0.39 is 12.3 Å². The van der Waals surface area contributed by atoms with Crippen LogP contribution in [0, 0.1) is 0 Å². The summed E-state index contributed by atoms with van der Waals surface area (Å²) in [5, 5.41) is 12.3. The van der Waals surface area contributed by atoms with Gasteiger partial charge in [0.25, 0.3) is 0 Å². The van der Waals surface area contributed by atoms with Crippen molar-refractivity contribution in [2.45, 2.75) is 44.5 Å². The van der Waals surface area contributed by atoms with Crippen molar-refractivity contribution in [2.75, 3.05) is 5.32 Å². The third kappa shape index (κ3) is 5.15. The number of nitrogens with zero attached hydrogens (tertiary/aromatic N) is 2. The zero-order valence-electron chi connectivity index (χ0n) is 19.3. The number of aryl methyl sites for hydroxylation is 2. The summed E-state index contributed by atoms with van der Waals surface area (Å²) in [7, 11) is 0. The number of aromatic nitrogens is 2. The number of hydrogen-bond acceptors (Lipinski definition) is 4. The van der Waals surface area contributed by atoms with Crippen molar-refractivity contribution in [3.8, 4) is 5.75 Å². The number of benzene rings is 3. The molecule has 1 unspecified atom stereocenters. The van der Waals surface area contributed by atoms with E-state index in [2.05, 4.69) is 26.8 Å². The number of carboxylic acid groups (broad SMARTS) is 1. The Morgan fingerprint density at radius 3 is 2.64 bits per heavy atom. The summed E-state index contributed by atoms with van der Waals surface area (Å²) in [4.78, 5) is 15.8. The lowest BCUT2D eigenvalue weighted by molar-refractivity contribution is -0.274. The second kappa shape index (κ2) is 9.56. The first-order chi connectivity index (χ1) is 17.3. The smallest absolute Gasteiger partial charge is 0.481 e. The first kappa shape index (κ1) is 23.7. The Kier molecular flexibility index (Phi) is 6.30. The van der Waals surface area contributed by atoms with Crippen molar-refractivity contribution < 1.29 is 27.8 Å². The first-order valence-electron chi connectivity index (χ1n) is 11.7. The number of anilines is 2. The zero-order chi connectivity index (χ0) is 25.3. The van der Waals surface area contributed by atoms with Gasteiger partial charge in [0, 0.05) is 12.1 Å². The van der Waals surface area contributed by atoms with Gasteiger partial charge in [-0.3, -0.25) is 4.79 Å². The minimum atomic E-state index is -4.75. The molecular weight excluding hydrogens is 471 g/mol. The number of rotatable bonds is 7. The number of ether oxygens (including phenoxy) is 1. The van der Waals surface area contributed by atoms with Crippen LogP contribution in [0.3, 0.4) is 0 Å². The van der Waals surface area contributed by atoms with Gasteiger partial charge < -0.3 is 19.7 Å². The lowest BCUT2D eigenvalue weighted by Gasteiger charge is -2.28. The lowest BCUT2D eigenvalue weighted by Crippen LogP contribution is -2.18. The molecule has 0 amide bonds. The molecule has 0 aliphatic heterocycles. The highest BCUT2D eigenvalue weighted by molar-refractivity contribution is 5.81. The average molecular weight is 496 g/mol. The molecule has 186 valence electrons. The van der Waals surface area contributed by atoms with Crippen LogP contribution in [0.15, 0.2) is 66.7 Å². The number of aliphatic carboxylic acids is 1. The van der Waals surface area contributed by atoms with E-state index in [1.54, 1.807) is 0 Å². The molecule has 3 aromatic carbocycles. The molecule has 1 aliphatic rings. The molecule has 0 radical (unpaired) electrons. The molecule has 1 atom stereocenters. The topological polar surface area (TPSA) is 76.4 Å². The summed E-state index contributed by atoms with van der Waals surface area (Å²) >= 11 is 0. The van der Waals surface area contributed by atoms with Crippen LogP contribution >= 0.6 is 0 Å². The normalized spacial score (nSPS) is 15.5. The number of nitrogens with one attached hydrogen (secondary N) is 1. The molecule has 4 aromatic rings. The lowest BCUT2D eigenvalue weighted by atomic mass is 9.87. The molecule has 0 fully saturated rings. The minimum Gasteiger partial charge on any atom is -0.481 e. The van der Waals surface area contributed by atoms with Crippen molar-refractivity contribution in [2.24, 2.45) is 0 Å². The van der Waals surface area contributed by atoms with Gasteiger partial charge in [0.15, 0.2) is 0 Å². The average Bonchev–Trinajstić information content (AvgIpc) is 3.19. The van der Waals surface area contributed by atoms with E-state index in [1.807, 2.05) is 30.3 Å². The largest absolute Gasteiger partial charge is 0.573 e. The summed E-state index contributed by atoms with van der Waals surface area (Å²) in [6.45, 7) is 0. The maximum absolute atomic E-state index is 12.5. The molecule has 36 heavy (non-hydrogen) atoms. The van der Waals surface area contributed by atoms with E-state index in [4.69, 9.17) is 10.1 Å². The van der Waals surface area contributed by atoms with E-state index in [0.717, 1.165) is 35.9 Å². The van der Waals surface area contributed by atoms with Crippen LogP contribution in [0.2, 0.25) is 0 Å². The van der Waals surface area contributed by atoms with Gasteiger partial charge in [-0.1, -0.05) is 30.3 Å². The molecular formula is C27H24F3N3O3. The Morgan fingerprint density at radius 2 is 1.89 bits per heavy atom. The molecule has 0 saturated heterocycles. The van der Waals surface area contributed by atoms with Crippen LogP contribution in [0.4, 0.5) is 24.8 Å². The number of carboxylic acids is 1. The Hall–Kier alpha value is -4.01. The predicted octanol–water partition coefficient (Wildman–Crippen LogP) is 6.62. The third-order valence-electron chi connectivity index (χ3n) is 6.37. The monoisotopic (exact) mass is 495 g/mol. The molecule has 0 spiro atoms. The third-order valence-corrected chi connectivity index (χ3v) is 6.37. The Balaban J connectivity index is 1.54. The maximum atomic E-state index is 12.5. The Morgan fingerprint density at radius 1 is 1.11 bits per heavy atom. The fourth-order valence-electron chi connectivity index (χ4n) is 4.82.